The SMILES string of the molecule is C=C/C=C\[C@H](C)C[C@@H](C)[C@H](OC(N)=O)[C@@H](C)[C@H](O)/C(C)=C\C(C)[C@@H](O)[C@@H](C)/C=C\[C@@H](O)C[C@@H]1OC(=O)[C@H](C)[C@@H](O)[C@H]1C. The van der Waals surface area contributed by atoms with Gasteiger partial charge in [0.05, 0.1) is 30.3 Å². The lowest BCUT2D eigenvalue weighted by Crippen LogP contribution is -2.47. The molecule has 240 valence electrons. The molecule has 42 heavy (non-hydrogen) atoms. The summed E-state index contributed by atoms with van der Waals surface area (Å²) in [6, 6.07) is 0. The van der Waals surface area contributed by atoms with E-state index in [1.165, 1.54) is 0 Å². The highest BCUT2D eigenvalue weighted by atomic mass is 16.6. The van der Waals surface area contributed by atoms with Gasteiger partial charge in [-0.05, 0) is 37.7 Å². The van der Waals surface area contributed by atoms with Gasteiger partial charge in [0, 0.05) is 30.1 Å². The van der Waals surface area contributed by atoms with E-state index in [1.807, 2.05) is 39.8 Å². The normalized spacial score (nSPS) is 28.3. The van der Waals surface area contributed by atoms with Gasteiger partial charge in [0.25, 0.3) is 0 Å². The van der Waals surface area contributed by atoms with Gasteiger partial charge in [-0.3, -0.25) is 4.79 Å². The molecule has 1 fully saturated rings. The minimum absolute atomic E-state index is 0.0780. The number of amides is 1. The fourth-order valence-electron chi connectivity index (χ4n) is 5.80. The number of carbonyl (C=O) groups excluding carboxylic acids is 2. The lowest BCUT2D eigenvalue weighted by molar-refractivity contribution is -0.179. The molecule has 1 aliphatic heterocycles. The van der Waals surface area contributed by atoms with Crippen LogP contribution in [0.3, 0.4) is 0 Å². The van der Waals surface area contributed by atoms with E-state index < -0.39 is 60.5 Å². The minimum Gasteiger partial charge on any atom is -0.462 e. The number of aliphatic hydroxyl groups is 4. The van der Waals surface area contributed by atoms with Crippen LogP contribution in [0, 0.1) is 41.4 Å². The first-order valence-electron chi connectivity index (χ1n) is 15.1. The molecule has 6 N–H and O–H groups in total. The zero-order chi connectivity index (χ0) is 32.3. The zero-order valence-corrected chi connectivity index (χ0v) is 26.6. The summed E-state index contributed by atoms with van der Waals surface area (Å²) >= 11 is 0. The van der Waals surface area contributed by atoms with Gasteiger partial charge in [-0.1, -0.05) is 84.6 Å². The molecule has 0 aliphatic carbocycles. The van der Waals surface area contributed by atoms with E-state index in [4.69, 9.17) is 15.2 Å². The average Bonchev–Trinajstić information content (AvgIpc) is 2.93. The standard InChI is InChI=1S/C33H55NO8/c1-10-11-12-18(2)15-22(6)31(42-33(34)40)24(8)29(37)21(5)16-20(4)28(36)19(3)13-14-26(35)17-27-23(7)30(38)25(9)32(39)41-27/h10-14,16,18-20,22-31,35-38H,1,15,17H2,2-9H3,(H2,34,40)/b12-11-,14-13-,21-16-/t18-,19-,20?,22+,23-,24-,25+,26+,27-,28-,29+,30-,31-/m0/s1. The number of ether oxygens (including phenoxy) is 2. The predicted octanol–water partition coefficient (Wildman–Crippen LogP) is 4.30. The van der Waals surface area contributed by atoms with Crippen LogP contribution in [0.15, 0.2) is 48.6 Å². The Balaban J connectivity index is 2.85. The van der Waals surface area contributed by atoms with E-state index in [9.17, 15) is 30.0 Å². The second kappa shape index (κ2) is 17.6. The molecule has 9 nitrogen and oxygen atoms in total. The van der Waals surface area contributed by atoms with Gasteiger partial charge in [-0.15, -0.1) is 0 Å². The number of esters is 1. The lowest BCUT2D eigenvalue weighted by atomic mass is 9.81. The number of primary amides is 1. The van der Waals surface area contributed by atoms with Crippen molar-refractivity contribution in [1.82, 2.24) is 0 Å². The van der Waals surface area contributed by atoms with E-state index in [-0.39, 0.29) is 36.0 Å². The Hall–Kier alpha value is -2.46. The van der Waals surface area contributed by atoms with Gasteiger partial charge in [0.15, 0.2) is 0 Å². The molecular weight excluding hydrogens is 538 g/mol. The largest absolute Gasteiger partial charge is 0.462 e. The number of carbonyl (C=O) groups is 2. The molecule has 0 aromatic heterocycles. The van der Waals surface area contributed by atoms with Crippen molar-refractivity contribution in [3.63, 3.8) is 0 Å². The highest BCUT2D eigenvalue weighted by molar-refractivity contribution is 5.73. The van der Waals surface area contributed by atoms with Gasteiger partial charge in [-0.2, -0.15) is 0 Å². The molecule has 0 saturated carbocycles. The van der Waals surface area contributed by atoms with Crippen LogP contribution in [0.2, 0.25) is 0 Å². The molecule has 13 atom stereocenters. The third kappa shape index (κ3) is 11.3. The van der Waals surface area contributed by atoms with E-state index >= 15 is 0 Å². The van der Waals surface area contributed by atoms with Crippen LogP contribution in [-0.2, 0) is 14.3 Å². The summed E-state index contributed by atoms with van der Waals surface area (Å²) < 4.78 is 10.9. The molecule has 1 saturated heterocycles. The van der Waals surface area contributed by atoms with E-state index in [0.29, 0.717) is 12.0 Å². The van der Waals surface area contributed by atoms with Crippen LogP contribution in [0.4, 0.5) is 4.79 Å². The third-order valence-corrected chi connectivity index (χ3v) is 8.61. The summed E-state index contributed by atoms with van der Waals surface area (Å²) in [7, 11) is 0. The Labute approximate surface area is 252 Å². The molecule has 0 aromatic rings. The van der Waals surface area contributed by atoms with E-state index in [1.54, 1.807) is 45.1 Å². The Bertz CT molecular complexity index is 962. The third-order valence-electron chi connectivity index (χ3n) is 8.61. The molecule has 1 aliphatic rings. The fourth-order valence-corrected chi connectivity index (χ4v) is 5.80. The second-order valence-electron chi connectivity index (χ2n) is 12.4. The first kappa shape index (κ1) is 37.6. The molecule has 0 bridgehead atoms. The van der Waals surface area contributed by atoms with E-state index in [2.05, 4.69) is 13.5 Å². The van der Waals surface area contributed by atoms with Crippen molar-refractivity contribution in [1.29, 1.82) is 0 Å². The summed E-state index contributed by atoms with van der Waals surface area (Å²) in [5.74, 6) is -2.37. The van der Waals surface area contributed by atoms with Crippen LogP contribution in [-0.4, -0.2) is 69.1 Å². The highest BCUT2D eigenvalue weighted by Crippen LogP contribution is 2.31. The van der Waals surface area contributed by atoms with Gasteiger partial charge < -0.3 is 35.6 Å². The molecule has 1 heterocycles. The van der Waals surface area contributed by atoms with Gasteiger partial charge in [-0.25, -0.2) is 4.79 Å². The summed E-state index contributed by atoms with van der Waals surface area (Å²) in [6.45, 7) is 18.4. The number of allylic oxidation sites excluding steroid dienone is 3. The highest BCUT2D eigenvalue weighted by Gasteiger charge is 2.41. The monoisotopic (exact) mass is 593 g/mol. The summed E-state index contributed by atoms with van der Waals surface area (Å²) in [5, 5.41) is 42.9. The second-order valence-corrected chi connectivity index (χ2v) is 12.4. The van der Waals surface area contributed by atoms with Gasteiger partial charge >= 0.3 is 12.1 Å². The van der Waals surface area contributed by atoms with E-state index in [0.717, 1.165) is 0 Å². The number of hydrogen-bond donors (Lipinski definition) is 5. The molecule has 0 spiro atoms. The van der Waals surface area contributed by atoms with Crippen molar-refractivity contribution >= 4 is 12.1 Å². The Kier molecular flexibility index (Phi) is 15.7. The first-order valence-corrected chi connectivity index (χ1v) is 15.1. The number of hydrogen-bond acceptors (Lipinski definition) is 8. The van der Waals surface area contributed by atoms with Crippen LogP contribution in [0.25, 0.3) is 0 Å². The minimum atomic E-state index is -0.934. The number of aliphatic hydroxyl groups excluding tert-OH is 4. The molecular formula is C33H55NO8. The smallest absolute Gasteiger partial charge is 0.404 e. The molecule has 1 amide bonds. The molecule has 1 rings (SSSR count). The van der Waals surface area contributed by atoms with Crippen molar-refractivity contribution < 1.29 is 39.5 Å². The molecule has 0 aromatic carbocycles. The first-order chi connectivity index (χ1) is 19.5. The topological polar surface area (TPSA) is 160 Å². The number of cyclic esters (lactones) is 1. The quantitative estimate of drug-likeness (QED) is 0.101. The number of rotatable bonds is 16. The average molecular weight is 594 g/mol. The van der Waals surface area contributed by atoms with Crippen molar-refractivity contribution in [3.8, 4) is 0 Å². The Morgan fingerprint density at radius 2 is 1.69 bits per heavy atom. The van der Waals surface area contributed by atoms with Crippen molar-refractivity contribution in [3.05, 3.63) is 48.6 Å². The summed E-state index contributed by atoms with van der Waals surface area (Å²) in [5.41, 5.74) is 6.00. The zero-order valence-electron chi connectivity index (χ0n) is 26.6. The van der Waals surface area contributed by atoms with Crippen molar-refractivity contribution in [2.75, 3.05) is 0 Å². The summed E-state index contributed by atoms with van der Waals surface area (Å²) in [4.78, 5) is 23.6. The Morgan fingerprint density at radius 1 is 1.07 bits per heavy atom. The lowest BCUT2D eigenvalue weighted by Gasteiger charge is -2.36. The number of nitrogens with two attached hydrogens (primary N) is 1. The maximum atomic E-state index is 12.0. The van der Waals surface area contributed by atoms with Crippen LogP contribution < -0.4 is 5.73 Å². The van der Waals surface area contributed by atoms with Crippen LogP contribution in [0.5, 0.6) is 0 Å². The maximum absolute atomic E-state index is 12.0. The van der Waals surface area contributed by atoms with Gasteiger partial charge in [0.2, 0.25) is 0 Å². The van der Waals surface area contributed by atoms with Crippen LogP contribution in [0.1, 0.15) is 68.2 Å². The van der Waals surface area contributed by atoms with Crippen molar-refractivity contribution in [2.45, 2.75) is 105 Å². The molecule has 0 radical (unpaired) electrons. The molecule has 1 unspecified atom stereocenters. The van der Waals surface area contributed by atoms with Gasteiger partial charge in [0.1, 0.15) is 12.2 Å². The maximum Gasteiger partial charge on any atom is 0.404 e. The Morgan fingerprint density at radius 3 is 2.26 bits per heavy atom. The fraction of sp³-hybridized carbons (Fsp3) is 0.697. The van der Waals surface area contributed by atoms with Crippen LogP contribution >= 0.6 is 0 Å². The molecule has 9 heteroatoms. The predicted molar refractivity (Wildman–Crippen MR) is 164 cm³/mol. The summed E-state index contributed by atoms with van der Waals surface area (Å²) in [6.07, 6.45) is 5.94. The van der Waals surface area contributed by atoms with Crippen molar-refractivity contribution in [2.24, 2.45) is 47.2 Å².